The summed E-state index contributed by atoms with van der Waals surface area (Å²) in [6, 6.07) is 20.1. The first-order valence-corrected chi connectivity index (χ1v) is 8.75. The van der Waals surface area contributed by atoms with Crippen LogP contribution in [-0.2, 0) is 0 Å². The van der Waals surface area contributed by atoms with Gasteiger partial charge in [0.1, 0.15) is 0 Å². The lowest BCUT2D eigenvalue weighted by atomic mass is 10.1. The topological polar surface area (TPSA) is 51.6 Å². The first-order valence-electron chi connectivity index (χ1n) is 7.94. The first kappa shape index (κ1) is 17.7. The molecule has 0 amide bonds. The van der Waals surface area contributed by atoms with Gasteiger partial charge < -0.3 is 9.71 Å². The molecular weight excluding hydrogens is 314 g/mol. The van der Waals surface area contributed by atoms with E-state index >= 15 is 0 Å². The van der Waals surface area contributed by atoms with E-state index < -0.39 is 0 Å². The largest absolute Gasteiger partial charge is 0.360 e. The minimum atomic E-state index is 0.682. The molecule has 0 fully saturated rings. The standard InChI is InChI=1S/C18H15N3S.C2H6/c1-13-9-14(11-19)7-8-17(13)21-22-16-10-18(20-12-16)15-5-3-2-4-6-15;1-2/h2-10,12,20-21H,1H3;1-2H3. The van der Waals surface area contributed by atoms with Gasteiger partial charge in [0.2, 0.25) is 0 Å². The number of aryl methyl sites for hydroxylation is 1. The molecule has 122 valence electrons. The summed E-state index contributed by atoms with van der Waals surface area (Å²) in [5.74, 6) is 0. The van der Waals surface area contributed by atoms with Crippen molar-refractivity contribution in [3.63, 3.8) is 0 Å². The summed E-state index contributed by atoms with van der Waals surface area (Å²) in [7, 11) is 0. The van der Waals surface area contributed by atoms with E-state index in [9.17, 15) is 0 Å². The van der Waals surface area contributed by atoms with Crippen molar-refractivity contribution in [1.29, 1.82) is 5.26 Å². The lowest BCUT2D eigenvalue weighted by Gasteiger charge is -2.07. The molecule has 0 saturated heterocycles. The molecule has 0 radical (unpaired) electrons. The van der Waals surface area contributed by atoms with E-state index in [1.165, 1.54) is 5.56 Å². The Balaban J connectivity index is 0.00000100. The van der Waals surface area contributed by atoms with Crippen molar-refractivity contribution in [2.45, 2.75) is 25.7 Å². The van der Waals surface area contributed by atoms with Crippen LogP contribution in [0.25, 0.3) is 11.3 Å². The maximum atomic E-state index is 8.89. The maximum absolute atomic E-state index is 8.89. The van der Waals surface area contributed by atoms with E-state index in [0.717, 1.165) is 21.8 Å². The van der Waals surface area contributed by atoms with E-state index in [2.05, 4.69) is 34.0 Å². The van der Waals surface area contributed by atoms with Crippen molar-refractivity contribution in [1.82, 2.24) is 4.98 Å². The normalized spacial score (nSPS) is 9.58. The third-order valence-corrected chi connectivity index (χ3v) is 4.17. The average molecular weight is 335 g/mol. The number of hydrogen-bond donors (Lipinski definition) is 2. The quantitative estimate of drug-likeness (QED) is 0.574. The van der Waals surface area contributed by atoms with Crippen molar-refractivity contribution in [3.8, 4) is 17.3 Å². The van der Waals surface area contributed by atoms with E-state index in [4.69, 9.17) is 5.26 Å². The van der Waals surface area contributed by atoms with Crippen LogP contribution in [0.2, 0.25) is 0 Å². The molecule has 3 nitrogen and oxygen atoms in total. The molecule has 0 aliphatic carbocycles. The van der Waals surface area contributed by atoms with Crippen LogP contribution in [0.3, 0.4) is 0 Å². The first-order chi connectivity index (χ1) is 11.8. The smallest absolute Gasteiger partial charge is 0.0991 e. The van der Waals surface area contributed by atoms with Crippen LogP contribution in [0.15, 0.2) is 65.7 Å². The predicted octanol–water partition coefficient (Wildman–Crippen LogP) is 6.01. The van der Waals surface area contributed by atoms with E-state index in [0.29, 0.717) is 5.56 Å². The molecule has 3 rings (SSSR count). The number of anilines is 1. The van der Waals surface area contributed by atoms with E-state index in [1.54, 1.807) is 11.9 Å². The number of nitrogens with one attached hydrogen (secondary N) is 2. The Bertz CT molecular complexity index is 816. The van der Waals surface area contributed by atoms with Crippen LogP contribution in [0.4, 0.5) is 5.69 Å². The Morgan fingerprint density at radius 2 is 1.79 bits per heavy atom. The lowest BCUT2D eigenvalue weighted by Crippen LogP contribution is -1.90. The number of H-pyrrole nitrogens is 1. The predicted molar refractivity (Wildman–Crippen MR) is 103 cm³/mol. The number of hydrogen-bond acceptors (Lipinski definition) is 3. The molecule has 0 spiro atoms. The monoisotopic (exact) mass is 335 g/mol. The highest BCUT2D eigenvalue weighted by Crippen LogP contribution is 2.27. The minimum Gasteiger partial charge on any atom is -0.360 e. The summed E-state index contributed by atoms with van der Waals surface area (Å²) in [6.45, 7) is 6.00. The number of nitriles is 1. The number of aromatic amines is 1. The van der Waals surface area contributed by atoms with Gasteiger partial charge in [0.25, 0.3) is 0 Å². The van der Waals surface area contributed by atoms with Gasteiger partial charge in [-0.2, -0.15) is 5.26 Å². The second kappa shape index (κ2) is 8.85. The fraction of sp³-hybridized carbons (Fsp3) is 0.150. The van der Waals surface area contributed by atoms with Gasteiger partial charge in [0.15, 0.2) is 0 Å². The SMILES string of the molecule is CC.Cc1cc(C#N)ccc1NSc1c[nH]c(-c2ccccc2)c1. The zero-order valence-corrected chi connectivity index (χ0v) is 14.9. The molecule has 0 aliphatic rings. The minimum absolute atomic E-state index is 0.682. The number of nitrogens with zero attached hydrogens (tertiary/aromatic N) is 1. The number of aromatic nitrogens is 1. The van der Waals surface area contributed by atoms with E-state index in [1.807, 2.05) is 63.4 Å². The van der Waals surface area contributed by atoms with Crippen molar-refractivity contribution in [3.05, 3.63) is 71.9 Å². The molecular formula is C20H21N3S. The number of rotatable bonds is 4. The summed E-state index contributed by atoms with van der Waals surface area (Å²) in [5.41, 5.74) is 5.03. The zero-order chi connectivity index (χ0) is 17.4. The molecule has 2 aromatic carbocycles. The Labute approximate surface area is 147 Å². The van der Waals surface area contributed by atoms with Gasteiger partial charge in [0, 0.05) is 22.5 Å². The molecule has 1 aromatic heterocycles. The molecule has 0 saturated carbocycles. The lowest BCUT2D eigenvalue weighted by molar-refractivity contribution is 1.37. The highest BCUT2D eigenvalue weighted by molar-refractivity contribution is 8.00. The molecule has 0 unspecified atom stereocenters. The van der Waals surface area contributed by atoms with Gasteiger partial charge in [-0.15, -0.1) is 0 Å². The third-order valence-electron chi connectivity index (χ3n) is 3.38. The van der Waals surface area contributed by atoms with Gasteiger partial charge in [0.05, 0.1) is 11.6 Å². The van der Waals surface area contributed by atoms with Crippen molar-refractivity contribution in [2.75, 3.05) is 4.72 Å². The molecule has 0 bridgehead atoms. The van der Waals surface area contributed by atoms with Gasteiger partial charge in [-0.1, -0.05) is 44.2 Å². The van der Waals surface area contributed by atoms with Crippen LogP contribution in [-0.4, -0.2) is 4.98 Å². The van der Waals surface area contributed by atoms with Crippen LogP contribution >= 0.6 is 11.9 Å². The third kappa shape index (κ3) is 4.43. The average Bonchev–Trinajstić information content (AvgIpc) is 3.12. The van der Waals surface area contributed by atoms with Crippen molar-refractivity contribution >= 4 is 17.6 Å². The van der Waals surface area contributed by atoms with E-state index in [-0.39, 0.29) is 0 Å². The van der Waals surface area contributed by atoms with Crippen LogP contribution in [0.1, 0.15) is 25.0 Å². The molecule has 0 aliphatic heterocycles. The fourth-order valence-corrected chi connectivity index (χ4v) is 2.93. The summed E-state index contributed by atoms with van der Waals surface area (Å²) < 4.78 is 3.33. The Morgan fingerprint density at radius 1 is 1.04 bits per heavy atom. The highest BCUT2D eigenvalue weighted by Gasteiger charge is 2.04. The van der Waals surface area contributed by atoms with Crippen LogP contribution in [0, 0.1) is 18.3 Å². The second-order valence-electron chi connectivity index (χ2n) is 4.96. The summed E-state index contributed by atoms with van der Waals surface area (Å²) in [5, 5.41) is 8.89. The fourth-order valence-electron chi connectivity index (χ4n) is 2.18. The van der Waals surface area contributed by atoms with Gasteiger partial charge in [-0.05, 0) is 54.3 Å². The van der Waals surface area contributed by atoms with Crippen LogP contribution in [0.5, 0.6) is 0 Å². The molecule has 2 N–H and O–H groups in total. The molecule has 24 heavy (non-hydrogen) atoms. The molecule has 0 atom stereocenters. The van der Waals surface area contributed by atoms with Crippen LogP contribution < -0.4 is 4.72 Å². The Kier molecular flexibility index (Phi) is 6.53. The van der Waals surface area contributed by atoms with Crippen molar-refractivity contribution < 1.29 is 0 Å². The number of benzene rings is 2. The van der Waals surface area contributed by atoms with Gasteiger partial charge in [-0.3, -0.25) is 0 Å². The van der Waals surface area contributed by atoms with Gasteiger partial charge in [-0.25, -0.2) is 0 Å². The Hall–Kier alpha value is -2.64. The van der Waals surface area contributed by atoms with Crippen molar-refractivity contribution in [2.24, 2.45) is 0 Å². The van der Waals surface area contributed by atoms with Gasteiger partial charge >= 0.3 is 0 Å². The maximum Gasteiger partial charge on any atom is 0.0991 e. The summed E-state index contributed by atoms with van der Waals surface area (Å²) in [4.78, 5) is 4.40. The zero-order valence-electron chi connectivity index (χ0n) is 14.1. The molecule has 3 aromatic rings. The molecule has 1 heterocycles. The highest BCUT2D eigenvalue weighted by atomic mass is 32.2. The summed E-state index contributed by atoms with van der Waals surface area (Å²) >= 11 is 1.55. The molecule has 4 heteroatoms. The second-order valence-corrected chi connectivity index (χ2v) is 5.84. The Morgan fingerprint density at radius 3 is 2.46 bits per heavy atom. The summed E-state index contributed by atoms with van der Waals surface area (Å²) in [6.07, 6.45) is 1.99.